The number of nitrogens with one attached hydrogen (secondary N) is 1. The summed E-state index contributed by atoms with van der Waals surface area (Å²) in [6.45, 7) is -0.153. The number of hydrogen-bond acceptors (Lipinski definition) is 4. The third-order valence-electron chi connectivity index (χ3n) is 3.20. The Balaban J connectivity index is 1.90. The van der Waals surface area contributed by atoms with Crippen LogP contribution < -0.4 is 5.32 Å². The minimum Gasteiger partial charge on any atom is -0.392 e. The number of rotatable bonds is 3. The van der Waals surface area contributed by atoms with Crippen LogP contribution in [0.5, 0.6) is 0 Å². The molecule has 0 radical (unpaired) electrons. The summed E-state index contributed by atoms with van der Waals surface area (Å²) in [5, 5.41) is 12.9. The molecule has 1 aromatic carbocycles. The molecular weight excluding hydrogens is 266 g/mol. The van der Waals surface area contributed by atoms with Gasteiger partial charge in [-0.1, -0.05) is 6.07 Å². The molecule has 0 saturated heterocycles. The third kappa shape index (κ3) is 2.73. The van der Waals surface area contributed by atoms with Gasteiger partial charge in [0.25, 0.3) is 5.91 Å². The topological polar surface area (TPSA) is 75.1 Å². The largest absolute Gasteiger partial charge is 0.392 e. The maximum atomic E-state index is 12.3. The number of carbonyl (C=O) groups excluding carboxylic acids is 1. The third-order valence-corrected chi connectivity index (χ3v) is 3.20. The quantitative estimate of drug-likeness (QED) is 0.772. The number of anilines is 1. The Morgan fingerprint density at radius 2 is 2.10 bits per heavy atom. The van der Waals surface area contributed by atoms with Gasteiger partial charge in [0.2, 0.25) is 0 Å². The fraction of sp³-hybridized carbons (Fsp3) is 0.0625. The number of benzene rings is 1. The van der Waals surface area contributed by atoms with E-state index in [-0.39, 0.29) is 12.5 Å². The first kappa shape index (κ1) is 13.2. The van der Waals surface area contributed by atoms with Gasteiger partial charge in [-0.25, -0.2) is 0 Å². The van der Waals surface area contributed by atoms with Crippen molar-refractivity contribution < 1.29 is 9.90 Å². The molecule has 5 nitrogen and oxygen atoms in total. The molecule has 0 aliphatic rings. The lowest BCUT2D eigenvalue weighted by Crippen LogP contribution is -2.13. The lowest BCUT2D eigenvalue weighted by molar-refractivity contribution is 0.102. The van der Waals surface area contributed by atoms with Crippen LogP contribution in [0.4, 0.5) is 5.69 Å². The summed E-state index contributed by atoms with van der Waals surface area (Å²) in [6, 6.07) is 10.7. The highest BCUT2D eigenvalue weighted by atomic mass is 16.3. The van der Waals surface area contributed by atoms with Crippen molar-refractivity contribution in [3.05, 3.63) is 66.1 Å². The van der Waals surface area contributed by atoms with Crippen LogP contribution in [0.15, 0.2) is 55.0 Å². The number of aliphatic hydroxyl groups excluding tert-OH is 1. The van der Waals surface area contributed by atoms with E-state index >= 15 is 0 Å². The van der Waals surface area contributed by atoms with Crippen LogP contribution >= 0.6 is 0 Å². The van der Waals surface area contributed by atoms with Gasteiger partial charge in [-0.15, -0.1) is 0 Å². The maximum Gasteiger partial charge on any atom is 0.255 e. The minimum atomic E-state index is -0.247. The molecule has 0 aliphatic heterocycles. The molecule has 0 fully saturated rings. The summed E-state index contributed by atoms with van der Waals surface area (Å²) >= 11 is 0. The molecular formula is C16H13N3O2. The van der Waals surface area contributed by atoms with Crippen LogP contribution in [0.1, 0.15) is 15.9 Å². The van der Waals surface area contributed by atoms with E-state index < -0.39 is 0 Å². The SMILES string of the molecule is O=C(Nc1cnccc1CO)c1ccc2ncccc2c1. The van der Waals surface area contributed by atoms with Crippen molar-refractivity contribution in [1.29, 1.82) is 0 Å². The summed E-state index contributed by atoms with van der Waals surface area (Å²) in [5.41, 5.74) is 2.51. The Bertz CT molecular complexity index is 802. The van der Waals surface area contributed by atoms with E-state index in [0.29, 0.717) is 16.8 Å². The number of nitrogens with zero attached hydrogens (tertiary/aromatic N) is 2. The predicted octanol–water partition coefficient (Wildman–Crippen LogP) is 2.37. The van der Waals surface area contributed by atoms with E-state index in [1.165, 1.54) is 6.20 Å². The van der Waals surface area contributed by atoms with Gasteiger partial charge in [0.1, 0.15) is 0 Å². The maximum absolute atomic E-state index is 12.3. The number of fused-ring (bicyclic) bond motifs is 1. The average Bonchev–Trinajstić information content (AvgIpc) is 2.55. The van der Waals surface area contributed by atoms with E-state index in [4.69, 9.17) is 0 Å². The highest BCUT2D eigenvalue weighted by molar-refractivity contribution is 6.06. The molecule has 3 rings (SSSR count). The van der Waals surface area contributed by atoms with Gasteiger partial charge in [0.05, 0.1) is 24.0 Å². The van der Waals surface area contributed by atoms with Crippen molar-refractivity contribution in [1.82, 2.24) is 9.97 Å². The van der Waals surface area contributed by atoms with Crippen molar-refractivity contribution in [3.8, 4) is 0 Å². The number of hydrogen-bond donors (Lipinski definition) is 2. The zero-order chi connectivity index (χ0) is 14.7. The van der Waals surface area contributed by atoms with Crippen LogP contribution in [0.2, 0.25) is 0 Å². The molecule has 0 atom stereocenters. The first-order chi connectivity index (χ1) is 10.3. The predicted molar refractivity (Wildman–Crippen MR) is 79.9 cm³/mol. The fourth-order valence-corrected chi connectivity index (χ4v) is 2.09. The Labute approximate surface area is 121 Å². The molecule has 1 amide bonds. The summed E-state index contributed by atoms with van der Waals surface area (Å²) < 4.78 is 0. The van der Waals surface area contributed by atoms with Crippen LogP contribution in [0.25, 0.3) is 10.9 Å². The summed E-state index contributed by atoms with van der Waals surface area (Å²) in [7, 11) is 0. The van der Waals surface area contributed by atoms with Gasteiger partial charge in [0, 0.05) is 28.9 Å². The van der Waals surface area contributed by atoms with Crippen LogP contribution in [0.3, 0.4) is 0 Å². The molecule has 0 spiro atoms. The highest BCUT2D eigenvalue weighted by Gasteiger charge is 2.09. The summed E-state index contributed by atoms with van der Waals surface area (Å²) in [5.74, 6) is -0.247. The second-order valence-electron chi connectivity index (χ2n) is 4.56. The van der Waals surface area contributed by atoms with Crippen LogP contribution in [-0.4, -0.2) is 21.0 Å². The van der Waals surface area contributed by atoms with Gasteiger partial charge in [-0.3, -0.25) is 14.8 Å². The Kier molecular flexibility index (Phi) is 3.57. The number of aromatic nitrogens is 2. The lowest BCUT2D eigenvalue weighted by Gasteiger charge is -2.09. The molecule has 0 aliphatic carbocycles. The molecule has 21 heavy (non-hydrogen) atoms. The number of pyridine rings is 2. The zero-order valence-corrected chi connectivity index (χ0v) is 11.2. The number of aliphatic hydroxyl groups is 1. The van der Waals surface area contributed by atoms with Gasteiger partial charge in [0.15, 0.2) is 0 Å². The molecule has 0 unspecified atom stereocenters. The van der Waals surface area contributed by atoms with Gasteiger partial charge >= 0.3 is 0 Å². The second kappa shape index (κ2) is 5.68. The molecule has 2 heterocycles. The van der Waals surface area contributed by atoms with Crippen molar-refractivity contribution in [2.24, 2.45) is 0 Å². The number of amides is 1. The minimum absolute atomic E-state index is 0.153. The average molecular weight is 279 g/mol. The molecule has 104 valence electrons. The van der Waals surface area contributed by atoms with E-state index in [0.717, 1.165) is 10.9 Å². The fourth-order valence-electron chi connectivity index (χ4n) is 2.09. The molecule has 5 heteroatoms. The summed E-state index contributed by atoms with van der Waals surface area (Å²) in [4.78, 5) is 20.5. The van der Waals surface area contributed by atoms with Crippen LogP contribution in [0, 0.1) is 0 Å². The molecule has 3 aromatic rings. The first-order valence-corrected chi connectivity index (χ1v) is 6.48. The normalized spacial score (nSPS) is 10.5. The van der Waals surface area contributed by atoms with Gasteiger partial charge in [-0.05, 0) is 30.3 Å². The monoisotopic (exact) mass is 279 g/mol. The lowest BCUT2D eigenvalue weighted by atomic mass is 10.1. The number of carbonyl (C=O) groups is 1. The Morgan fingerprint density at radius 3 is 2.95 bits per heavy atom. The highest BCUT2D eigenvalue weighted by Crippen LogP contribution is 2.17. The van der Waals surface area contributed by atoms with Gasteiger partial charge < -0.3 is 10.4 Å². The smallest absolute Gasteiger partial charge is 0.255 e. The van der Waals surface area contributed by atoms with E-state index in [9.17, 15) is 9.90 Å². The molecule has 2 N–H and O–H groups in total. The van der Waals surface area contributed by atoms with E-state index in [1.807, 2.05) is 12.1 Å². The first-order valence-electron chi connectivity index (χ1n) is 6.48. The van der Waals surface area contributed by atoms with Crippen LogP contribution in [-0.2, 0) is 6.61 Å². The standard InChI is InChI=1S/C16H13N3O2/c20-10-13-5-7-17-9-15(13)19-16(21)12-3-4-14-11(8-12)2-1-6-18-14/h1-9,20H,10H2,(H,19,21). The van der Waals surface area contributed by atoms with Crippen molar-refractivity contribution in [2.45, 2.75) is 6.61 Å². The van der Waals surface area contributed by atoms with Crippen molar-refractivity contribution in [2.75, 3.05) is 5.32 Å². The molecule has 0 saturated carbocycles. The Morgan fingerprint density at radius 1 is 1.19 bits per heavy atom. The van der Waals surface area contributed by atoms with Crippen molar-refractivity contribution >= 4 is 22.5 Å². The zero-order valence-electron chi connectivity index (χ0n) is 11.2. The molecule has 2 aromatic heterocycles. The van der Waals surface area contributed by atoms with E-state index in [1.54, 1.807) is 36.7 Å². The van der Waals surface area contributed by atoms with E-state index in [2.05, 4.69) is 15.3 Å². The van der Waals surface area contributed by atoms with Crippen molar-refractivity contribution in [3.63, 3.8) is 0 Å². The Hall–Kier alpha value is -2.79. The van der Waals surface area contributed by atoms with Gasteiger partial charge in [-0.2, -0.15) is 0 Å². The second-order valence-corrected chi connectivity index (χ2v) is 4.56. The summed E-state index contributed by atoms with van der Waals surface area (Å²) in [6.07, 6.45) is 4.81. The molecule has 0 bridgehead atoms.